The van der Waals surface area contributed by atoms with Crippen molar-refractivity contribution in [2.75, 3.05) is 13.7 Å². The van der Waals surface area contributed by atoms with E-state index in [9.17, 15) is 4.79 Å². The molecule has 3 N–H and O–H groups in total. The second kappa shape index (κ2) is 4.92. The molecule has 0 atom stereocenters. The van der Waals surface area contributed by atoms with Crippen LogP contribution in [0.1, 0.15) is 40.5 Å². The van der Waals surface area contributed by atoms with Crippen LogP contribution in [-0.4, -0.2) is 41.6 Å². The Labute approximate surface area is 104 Å². The van der Waals surface area contributed by atoms with Crippen molar-refractivity contribution < 1.29 is 9.53 Å². The molecule has 0 aromatic heterocycles. The number of amides is 1. The summed E-state index contributed by atoms with van der Waals surface area (Å²) < 4.78 is 5.64. The van der Waals surface area contributed by atoms with Crippen molar-refractivity contribution in [3.8, 4) is 0 Å². The summed E-state index contributed by atoms with van der Waals surface area (Å²) >= 11 is 0. The van der Waals surface area contributed by atoms with Gasteiger partial charge in [-0.2, -0.15) is 0 Å². The summed E-state index contributed by atoms with van der Waals surface area (Å²) in [6.45, 7) is 8.85. The van der Waals surface area contributed by atoms with Gasteiger partial charge in [-0.05, 0) is 47.6 Å². The molecule has 0 spiro atoms. The Bertz CT molecular complexity index is 271. The van der Waals surface area contributed by atoms with Crippen LogP contribution < -0.4 is 11.3 Å². The van der Waals surface area contributed by atoms with E-state index in [0.717, 1.165) is 12.8 Å². The summed E-state index contributed by atoms with van der Waals surface area (Å²) in [5, 5.41) is 0. The number of likely N-dealkylation sites (tertiary alicyclic amines) is 1. The lowest BCUT2D eigenvalue weighted by molar-refractivity contribution is -0.134. The smallest absolute Gasteiger partial charge is 0.259 e. The first-order valence-corrected chi connectivity index (χ1v) is 6.04. The fourth-order valence-electron chi connectivity index (χ4n) is 2.63. The Balaban J connectivity index is 2.62. The van der Waals surface area contributed by atoms with Crippen molar-refractivity contribution >= 4 is 5.91 Å². The van der Waals surface area contributed by atoms with Gasteiger partial charge in [-0.15, -0.1) is 0 Å². The molecule has 0 aromatic rings. The number of nitrogens with zero attached hydrogens (tertiary/aromatic N) is 1. The molecule has 5 nitrogen and oxygen atoms in total. The third kappa shape index (κ3) is 3.40. The number of nitrogens with two attached hydrogens (primary N) is 1. The van der Waals surface area contributed by atoms with Crippen molar-refractivity contribution in [2.45, 2.75) is 57.7 Å². The van der Waals surface area contributed by atoms with Crippen LogP contribution >= 0.6 is 0 Å². The maximum Gasteiger partial charge on any atom is 0.259 e. The van der Waals surface area contributed by atoms with Gasteiger partial charge in [-0.25, -0.2) is 5.84 Å². The monoisotopic (exact) mass is 243 g/mol. The van der Waals surface area contributed by atoms with Gasteiger partial charge in [0, 0.05) is 11.1 Å². The number of hydrogen-bond donors (Lipinski definition) is 2. The molecule has 0 unspecified atom stereocenters. The predicted octanol–water partition coefficient (Wildman–Crippen LogP) is 0.644. The first kappa shape index (κ1) is 14.4. The van der Waals surface area contributed by atoms with Crippen LogP contribution in [0.3, 0.4) is 0 Å². The SMILES string of the molecule is CN1C(C)(C)CC(OCC(=O)NN)CC1(C)C. The molecule has 5 heteroatoms. The molecule has 0 bridgehead atoms. The van der Waals surface area contributed by atoms with Crippen molar-refractivity contribution in [1.29, 1.82) is 0 Å². The van der Waals surface area contributed by atoms with Crippen LogP contribution in [0.5, 0.6) is 0 Å². The van der Waals surface area contributed by atoms with Crippen molar-refractivity contribution in [3.63, 3.8) is 0 Å². The molecule has 1 fully saturated rings. The number of piperidine rings is 1. The number of nitrogens with one attached hydrogen (secondary N) is 1. The predicted molar refractivity (Wildman–Crippen MR) is 67.2 cm³/mol. The number of carbonyl (C=O) groups is 1. The highest BCUT2D eigenvalue weighted by molar-refractivity contribution is 5.76. The molecule has 17 heavy (non-hydrogen) atoms. The highest BCUT2D eigenvalue weighted by Crippen LogP contribution is 2.37. The molecule has 1 saturated heterocycles. The van der Waals surface area contributed by atoms with E-state index in [0.29, 0.717) is 0 Å². The summed E-state index contributed by atoms with van der Waals surface area (Å²) in [6, 6.07) is 0. The number of carbonyl (C=O) groups excluding carboxylic acids is 1. The quantitative estimate of drug-likeness (QED) is 0.434. The molecule has 1 aliphatic rings. The summed E-state index contributed by atoms with van der Waals surface area (Å²) in [6.07, 6.45) is 1.95. The summed E-state index contributed by atoms with van der Waals surface area (Å²) in [7, 11) is 2.14. The first-order chi connectivity index (χ1) is 7.69. The van der Waals surface area contributed by atoms with E-state index in [1.807, 2.05) is 0 Å². The Kier molecular flexibility index (Phi) is 4.17. The van der Waals surface area contributed by atoms with Crippen molar-refractivity contribution in [1.82, 2.24) is 10.3 Å². The number of hydrogen-bond acceptors (Lipinski definition) is 4. The molecule has 0 radical (unpaired) electrons. The molecule has 100 valence electrons. The van der Waals surface area contributed by atoms with E-state index >= 15 is 0 Å². The molecule has 1 heterocycles. The van der Waals surface area contributed by atoms with Gasteiger partial charge >= 0.3 is 0 Å². The zero-order chi connectivity index (χ0) is 13.3. The molecule has 0 aromatic carbocycles. The van der Waals surface area contributed by atoms with Gasteiger partial charge in [0.15, 0.2) is 0 Å². The molecular formula is C12H25N3O2. The topological polar surface area (TPSA) is 67.6 Å². The lowest BCUT2D eigenvalue weighted by atomic mass is 9.79. The summed E-state index contributed by atoms with van der Waals surface area (Å²) in [5.41, 5.74) is 2.23. The lowest BCUT2D eigenvalue weighted by Gasteiger charge is -2.53. The lowest BCUT2D eigenvalue weighted by Crippen LogP contribution is -2.60. The van der Waals surface area contributed by atoms with Crippen molar-refractivity contribution in [2.24, 2.45) is 5.84 Å². The normalized spacial score (nSPS) is 24.6. The van der Waals surface area contributed by atoms with E-state index in [4.69, 9.17) is 10.6 Å². The zero-order valence-electron chi connectivity index (χ0n) is 11.5. The van der Waals surface area contributed by atoms with Crippen LogP contribution in [-0.2, 0) is 9.53 Å². The van der Waals surface area contributed by atoms with E-state index < -0.39 is 0 Å². The number of hydrazine groups is 1. The molecule has 1 amide bonds. The van der Waals surface area contributed by atoms with Crippen LogP contribution in [0, 0.1) is 0 Å². The third-order valence-corrected chi connectivity index (χ3v) is 3.88. The Morgan fingerprint density at radius 3 is 2.24 bits per heavy atom. The molecule has 1 aliphatic heterocycles. The number of rotatable bonds is 3. The van der Waals surface area contributed by atoms with E-state index in [2.05, 4.69) is 45.1 Å². The molecule has 0 saturated carbocycles. The van der Waals surface area contributed by atoms with E-state index in [1.165, 1.54) is 0 Å². The van der Waals surface area contributed by atoms with E-state index in [1.54, 1.807) is 0 Å². The van der Waals surface area contributed by atoms with Gasteiger partial charge in [-0.3, -0.25) is 15.1 Å². The first-order valence-electron chi connectivity index (χ1n) is 6.04. The standard InChI is InChI=1S/C12H25N3O2/c1-11(2)6-9(17-8-10(16)14-13)7-12(3,4)15(11)5/h9H,6-8,13H2,1-5H3,(H,14,16). The summed E-state index contributed by atoms with van der Waals surface area (Å²) in [5.74, 6) is 4.75. The van der Waals surface area contributed by atoms with Crippen molar-refractivity contribution in [3.05, 3.63) is 0 Å². The van der Waals surface area contributed by atoms with E-state index in [-0.39, 0.29) is 29.7 Å². The fourth-order valence-corrected chi connectivity index (χ4v) is 2.63. The van der Waals surface area contributed by atoms with Crippen LogP contribution in [0.2, 0.25) is 0 Å². The fraction of sp³-hybridized carbons (Fsp3) is 0.917. The molecule has 0 aliphatic carbocycles. The molecule has 1 rings (SSSR count). The molecular weight excluding hydrogens is 218 g/mol. The maximum absolute atomic E-state index is 11.1. The maximum atomic E-state index is 11.1. The van der Waals surface area contributed by atoms with Gasteiger partial charge in [0.25, 0.3) is 5.91 Å². The van der Waals surface area contributed by atoms with Gasteiger partial charge < -0.3 is 4.74 Å². The Morgan fingerprint density at radius 1 is 1.35 bits per heavy atom. The minimum absolute atomic E-state index is 0.0387. The third-order valence-electron chi connectivity index (χ3n) is 3.88. The largest absolute Gasteiger partial charge is 0.368 e. The van der Waals surface area contributed by atoms with Gasteiger partial charge in [0.05, 0.1) is 6.10 Å². The van der Waals surface area contributed by atoms with Gasteiger partial charge in [-0.1, -0.05) is 0 Å². The van der Waals surface area contributed by atoms with Gasteiger partial charge in [0.1, 0.15) is 6.61 Å². The van der Waals surface area contributed by atoms with Crippen LogP contribution in [0.15, 0.2) is 0 Å². The highest BCUT2D eigenvalue weighted by Gasteiger charge is 2.43. The second-order valence-corrected chi connectivity index (χ2v) is 6.09. The highest BCUT2D eigenvalue weighted by atomic mass is 16.5. The average molecular weight is 243 g/mol. The Hall–Kier alpha value is -0.650. The number of ether oxygens (including phenoxy) is 1. The Morgan fingerprint density at radius 2 is 1.82 bits per heavy atom. The zero-order valence-corrected chi connectivity index (χ0v) is 11.5. The minimum Gasteiger partial charge on any atom is -0.368 e. The average Bonchev–Trinajstić information content (AvgIpc) is 2.21. The minimum atomic E-state index is -0.278. The van der Waals surface area contributed by atoms with Gasteiger partial charge in [0.2, 0.25) is 0 Å². The van der Waals surface area contributed by atoms with Crippen LogP contribution in [0.25, 0.3) is 0 Å². The van der Waals surface area contributed by atoms with Crippen LogP contribution in [0.4, 0.5) is 0 Å². The second-order valence-electron chi connectivity index (χ2n) is 6.09. The summed E-state index contributed by atoms with van der Waals surface area (Å²) in [4.78, 5) is 13.4.